The second-order valence-electron chi connectivity index (χ2n) is 4.66. The van der Waals surface area contributed by atoms with E-state index in [4.69, 9.17) is 0 Å². The van der Waals surface area contributed by atoms with Gasteiger partial charge in [0, 0.05) is 28.7 Å². The highest BCUT2D eigenvalue weighted by atomic mass is 16.6. The number of hydrogen-bond donors (Lipinski definition) is 3. The van der Waals surface area contributed by atoms with E-state index in [1.54, 1.807) is 24.3 Å². The van der Waals surface area contributed by atoms with Crippen molar-refractivity contribution in [2.45, 2.75) is 12.3 Å². The molecule has 0 amide bonds. The summed E-state index contributed by atoms with van der Waals surface area (Å²) in [5, 5.41) is 30.8. The minimum absolute atomic E-state index is 0.0128. The van der Waals surface area contributed by atoms with E-state index in [1.807, 2.05) is 6.08 Å². The molecule has 0 saturated heterocycles. The lowest BCUT2D eigenvalue weighted by Gasteiger charge is -2.19. The number of benzene rings is 1. The highest BCUT2D eigenvalue weighted by Gasteiger charge is 2.30. The molecular weight excluding hydrogens is 260 g/mol. The Labute approximate surface area is 114 Å². The zero-order valence-electron chi connectivity index (χ0n) is 10.4. The molecule has 0 aliphatic heterocycles. The average Bonchev–Trinajstić information content (AvgIpc) is 2.74. The number of nitrogens with zero attached hydrogens (tertiary/aromatic N) is 1. The van der Waals surface area contributed by atoms with Gasteiger partial charge in [0.25, 0.3) is 5.69 Å². The molecule has 0 bridgehead atoms. The molecule has 1 aromatic heterocycles. The molecule has 0 fully saturated rings. The number of rotatable bonds is 2. The SMILES string of the molecule is O=[N+]([O-])c1ccccc1C1CC=Cc2c(O)[nH]c(O)c21. The molecule has 2 aromatic rings. The van der Waals surface area contributed by atoms with E-state index in [0.29, 0.717) is 23.1 Å². The monoisotopic (exact) mass is 272 g/mol. The molecule has 1 unspecified atom stereocenters. The third-order valence-corrected chi connectivity index (χ3v) is 3.55. The highest BCUT2D eigenvalue weighted by Crippen LogP contribution is 2.45. The summed E-state index contributed by atoms with van der Waals surface area (Å²) in [6.45, 7) is 0. The quantitative estimate of drug-likeness (QED) is 0.578. The van der Waals surface area contributed by atoms with E-state index >= 15 is 0 Å². The molecule has 1 aromatic carbocycles. The van der Waals surface area contributed by atoms with Crippen LogP contribution in [0.15, 0.2) is 30.3 Å². The molecule has 1 heterocycles. The molecule has 1 atom stereocenters. The van der Waals surface area contributed by atoms with E-state index in [9.17, 15) is 20.3 Å². The maximum Gasteiger partial charge on any atom is 0.273 e. The number of nitro benzene ring substituents is 1. The fraction of sp³-hybridized carbons (Fsp3) is 0.143. The lowest BCUT2D eigenvalue weighted by atomic mass is 9.83. The van der Waals surface area contributed by atoms with E-state index in [1.165, 1.54) is 6.07 Å². The lowest BCUT2D eigenvalue weighted by molar-refractivity contribution is -0.385. The van der Waals surface area contributed by atoms with Gasteiger partial charge < -0.3 is 10.2 Å². The fourth-order valence-electron chi connectivity index (χ4n) is 2.69. The van der Waals surface area contributed by atoms with Crippen molar-refractivity contribution < 1.29 is 15.1 Å². The summed E-state index contributed by atoms with van der Waals surface area (Å²) in [6, 6.07) is 6.45. The summed E-state index contributed by atoms with van der Waals surface area (Å²) in [5.74, 6) is -0.629. The van der Waals surface area contributed by atoms with E-state index in [-0.39, 0.29) is 23.4 Å². The first-order valence-corrected chi connectivity index (χ1v) is 6.13. The Morgan fingerprint density at radius 3 is 2.75 bits per heavy atom. The van der Waals surface area contributed by atoms with Gasteiger partial charge in [-0.25, -0.2) is 0 Å². The summed E-state index contributed by atoms with van der Waals surface area (Å²) >= 11 is 0. The Bertz CT molecular complexity index is 718. The number of aromatic amines is 1. The molecule has 0 radical (unpaired) electrons. The number of nitrogens with one attached hydrogen (secondary N) is 1. The molecule has 20 heavy (non-hydrogen) atoms. The topological polar surface area (TPSA) is 99.4 Å². The summed E-state index contributed by atoms with van der Waals surface area (Å²) in [7, 11) is 0. The summed E-state index contributed by atoms with van der Waals surface area (Å²) in [5.41, 5.74) is 1.52. The van der Waals surface area contributed by atoms with Crippen molar-refractivity contribution in [2.24, 2.45) is 0 Å². The smallest absolute Gasteiger partial charge is 0.273 e. The summed E-state index contributed by atoms with van der Waals surface area (Å²) in [4.78, 5) is 13.2. The normalized spacial score (nSPS) is 16.9. The lowest BCUT2D eigenvalue weighted by Crippen LogP contribution is -2.07. The Morgan fingerprint density at radius 1 is 1.25 bits per heavy atom. The maximum absolute atomic E-state index is 11.1. The Morgan fingerprint density at radius 2 is 2.00 bits per heavy atom. The number of H-pyrrole nitrogens is 1. The zero-order chi connectivity index (χ0) is 14.3. The van der Waals surface area contributed by atoms with E-state index < -0.39 is 4.92 Å². The third-order valence-electron chi connectivity index (χ3n) is 3.55. The molecule has 0 spiro atoms. The molecule has 6 nitrogen and oxygen atoms in total. The summed E-state index contributed by atoms with van der Waals surface area (Å²) in [6.07, 6.45) is 4.06. The molecule has 1 aliphatic rings. The van der Waals surface area contributed by atoms with Crippen molar-refractivity contribution in [1.82, 2.24) is 4.98 Å². The fourth-order valence-corrected chi connectivity index (χ4v) is 2.69. The third kappa shape index (κ3) is 1.73. The predicted octanol–water partition coefficient (Wildman–Crippen LogP) is 2.88. The van der Waals surface area contributed by atoms with Crippen molar-refractivity contribution in [3.05, 3.63) is 57.1 Å². The van der Waals surface area contributed by atoms with Crippen LogP contribution in [-0.2, 0) is 0 Å². The molecule has 0 saturated carbocycles. The average molecular weight is 272 g/mol. The van der Waals surface area contributed by atoms with Gasteiger partial charge in [0.15, 0.2) is 11.8 Å². The largest absolute Gasteiger partial charge is 0.494 e. The Balaban J connectivity index is 2.19. The van der Waals surface area contributed by atoms with Gasteiger partial charge in [-0.15, -0.1) is 0 Å². The van der Waals surface area contributed by atoms with Crippen molar-refractivity contribution in [2.75, 3.05) is 0 Å². The first-order valence-electron chi connectivity index (χ1n) is 6.13. The van der Waals surface area contributed by atoms with Crippen LogP contribution < -0.4 is 0 Å². The first-order chi connectivity index (χ1) is 9.59. The molecule has 1 aliphatic carbocycles. The van der Waals surface area contributed by atoms with E-state index in [2.05, 4.69) is 4.98 Å². The van der Waals surface area contributed by atoms with Gasteiger partial charge in [0.05, 0.1) is 4.92 Å². The number of hydrogen-bond acceptors (Lipinski definition) is 4. The molecule has 6 heteroatoms. The second kappa shape index (κ2) is 4.41. The van der Waals surface area contributed by atoms with Crippen LogP contribution in [0, 0.1) is 10.1 Å². The van der Waals surface area contributed by atoms with Crippen LogP contribution >= 0.6 is 0 Å². The number of para-hydroxylation sites is 1. The molecule has 3 N–H and O–H groups in total. The van der Waals surface area contributed by atoms with Gasteiger partial charge in [-0.2, -0.15) is 0 Å². The second-order valence-corrected chi connectivity index (χ2v) is 4.66. The zero-order valence-corrected chi connectivity index (χ0v) is 10.4. The van der Waals surface area contributed by atoms with Crippen LogP contribution in [0.5, 0.6) is 11.8 Å². The molecular formula is C14H12N2O4. The first kappa shape index (κ1) is 12.3. The van der Waals surface area contributed by atoms with Crippen LogP contribution in [-0.4, -0.2) is 20.1 Å². The number of aromatic hydroxyl groups is 2. The van der Waals surface area contributed by atoms with Gasteiger partial charge in [-0.3, -0.25) is 15.1 Å². The van der Waals surface area contributed by atoms with Crippen LogP contribution in [0.2, 0.25) is 0 Å². The van der Waals surface area contributed by atoms with Crippen LogP contribution in [0.3, 0.4) is 0 Å². The van der Waals surface area contributed by atoms with Crippen molar-refractivity contribution >= 4 is 11.8 Å². The Hall–Kier alpha value is -2.76. The van der Waals surface area contributed by atoms with Gasteiger partial charge in [-0.1, -0.05) is 30.4 Å². The predicted molar refractivity (Wildman–Crippen MR) is 72.7 cm³/mol. The number of nitro groups is 1. The number of fused-ring (bicyclic) bond motifs is 1. The van der Waals surface area contributed by atoms with E-state index in [0.717, 1.165) is 0 Å². The van der Waals surface area contributed by atoms with Gasteiger partial charge in [-0.05, 0) is 6.42 Å². The molecule has 3 rings (SSSR count). The van der Waals surface area contributed by atoms with Crippen LogP contribution in [0.4, 0.5) is 5.69 Å². The standard InChI is InChI=1S/C14H12N2O4/c17-13-10-6-3-5-9(12(10)14(18)15-13)8-4-1-2-7-11(8)16(19)20/h1-4,6-7,9,15,17-18H,5H2. The maximum atomic E-state index is 11.1. The van der Waals surface area contributed by atoms with Crippen molar-refractivity contribution in [1.29, 1.82) is 0 Å². The number of allylic oxidation sites excluding steroid dienone is 1. The molecule has 102 valence electrons. The van der Waals surface area contributed by atoms with Gasteiger partial charge in [0.2, 0.25) is 0 Å². The van der Waals surface area contributed by atoms with Crippen LogP contribution in [0.25, 0.3) is 6.08 Å². The van der Waals surface area contributed by atoms with Gasteiger partial charge >= 0.3 is 0 Å². The number of aromatic nitrogens is 1. The van der Waals surface area contributed by atoms with Crippen molar-refractivity contribution in [3.63, 3.8) is 0 Å². The van der Waals surface area contributed by atoms with Crippen LogP contribution in [0.1, 0.15) is 29.0 Å². The summed E-state index contributed by atoms with van der Waals surface area (Å²) < 4.78 is 0. The van der Waals surface area contributed by atoms with Crippen molar-refractivity contribution in [3.8, 4) is 11.8 Å². The minimum Gasteiger partial charge on any atom is -0.494 e. The van der Waals surface area contributed by atoms with Gasteiger partial charge in [0.1, 0.15) is 0 Å². The highest BCUT2D eigenvalue weighted by molar-refractivity contribution is 5.68. The Kier molecular flexibility index (Phi) is 2.71. The minimum atomic E-state index is -0.434.